The Labute approximate surface area is 199 Å². The third-order valence-corrected chi connectivity index (χ3v) is 6.66. The Bertz CT molecular complexity index is 1060. The van der Waals surface area contributed by atoms with E-state index in [-0.39, 0.29) is 5.91 Å². The molecule has 0 bridgehead atoms. The van der Waals surface area contributed by atoms with E-state index in [4.69, 9.17) is 4.74 Å². The van der Waals surface area contributed by atoms with Crippen LogP contribution in [0.25, 0.3) is 0 Å². The predicted octanol–water partition coefficient (Wildman–Crippen LogP) is 3.50. The normalized spacial score (nSPS) is 13.7. The molecular formula is C25H29N5O2S. The maximum absolute atomic E-state index is 12.8. The van der Waals surface area contributed by atoms with E-state index < -0.39 is 0 Å². The molecule has 0 N–H and O–H groups in total. The summed E-state index contributed by atoms with van der Waals surface area (Å²) < 4.78 is 7.26. The van der Waals surface area contributed by atoms with E-state index in [9.17, 15) is 4.79 Å². The van der Waals surface area contributed by atoms with Gasteiger partial charge in [0.05, 0.1) is 12.9 Å². The molecule has 8 heteroatoms. The van der Waals surface area contributed by atoms with Crippen LogP contribution in [0.5, 0.6) is 5.75 Å². The topological polar surface area (TPSA) is 63.5 Å². The van der Waals surface area contributed by atoms with Gasteiger partial charge in [0.25, 0.3) is 0 Å². The van der Waals surface area contributed by atoms with Crippen LogP contribution in [0.4, 0.5) is 5.69 Å². The average molecular weight is 464 g/mol. The van der Waals surface area contributed by atoms with Crippen molar-refractivity contribution in [3.8, 4) is 5.75 Å². The third kappa shape index (κ3) is 5.76. The number of anilines is 1. The molecule has 172 valence electrons. The smallest absolute Gasteiger partial charge is 0.233 e. The Morgan fingerprint density at radius 2 is 1.79 bits per heavy atom. The molecule has 0 unspecified atom stereocenters. The van der Waals surface area contributed by atoms with E-state index in [2.05, 4.69) is 33.8 Å². The van der Waals surface area contributed by atoms with Crippen molar-refractivity contribution < 1.29 is 9.53 Å². The minimum Gasteiger partial charge on any atom is -0.497 e. The number of hydrogen-bond acceptors (Lipinski definition) is 6. The number of ether oxygens (including phenoxy) is 1. The van der Waals surface area contributed by atoms with Gasteiger partial charge in [0, 0.05) is 44.8 Å². The molecule has 2 heterocycles. The van der Waals surface area contributed by atoms with Crippen molar-refractivity contribution in [2.24, 2.45) is 0 Å². The standard InChI is InChI=1S/C25H29N5O2S/c1-3-13-30-23(18-20-9-11-22(32-2)12-10-20)26-27-25(30)33-19-24(31)29-16-14-28(15-17-29)21-7-5-4-6-8-21/h3-12H,1,13-19H2,2H3. The zero-order valence-electron chi connectivity index (χ0n) is 18.9. The van der Waals surface area contributed by atoms with Gasteiger partial charge in [0.1, 0.15) is 11.6 Å². The number of benzene rings is 2. The lowest BCUT2D eigenvalue weighted by Crippen LogP contribution is -2.49. The molecule has 2 aromatic carbocycles. The number of allylic oxidation sites excluding steroid dienone is 1. The maximum atomic E-state index is 12.8. The molecule has 33 heavy (non-hydrogen) atoms. The summed E-state index contributed by atoms with van der Waals surface area (Å²) in [6.45, 7) is 7.63. The lowest BCUT2D eigenvalue weighted by atomic mass is 10.1. The van der Waals surface area contributed by atoms with Crippen molar-refractivity contribution in [1.82, 2.24) is 19.7 Å². The molecule has 0 saturated carbocycles. The van der Waals surface area contributed by atoms with Gasteiger partial charge in [-0.2, -0.15) is 0 Å². The minimum atomic E-state index is 0.137. The Morgan fingerprint density at radius 1 is 1.06 bits per heavy atom. The maximum Gasteiger partial charge on any atom is 0.233 e. The first-order chi connectivity index (χ1) is 16.2. The van der Waals surface area contributed by atoms with Crippen LogP contribution in [0, 0.1) is 0 Å². The van der Waals surface area contributed by atoms with Gasteiger partial charge in [-0.1, -0.05) is 48.2 Å². The summed E-state index contributed by atoms with van der Waals surface area (Å²) >= 11 is 1.44. The molecule has 4 rings (SSSR count). The van der Waals surface area contributed by atoms with Crippen LogP contribution < -0.4 is 9.64 Å². The van der Waals surface area contributed by atoms with Crippen molar-refractivity contribution in [3.63, 3.8) is 0 Å². The summed E-state index contributed by atoms with van der Waals surface area (Å²) in [6.07, 6.45) is 2.48. The van der Waals surface area contributed by atoms with Gasteiger partial charge in [0.15, 0.2) is 5.16 Å². The van der Waals surface area contributed by atoms with Crippen molar-refractivity contribution in [2.45, 2.75) is 18.1 Å². The molecule has 1 amide bonds. The van der Waals surface area contributed by atoms with Gasteiger partial charge >= 0.3 is 0 Å². The fraction of sp³-hybridized carbons (Fsp3) is 0.320. The number of hydrogen-bond donors (Lipinski definition) is 0. The quantitative estimate of drug-likeness (QED) is 0.358. The Hall–Kier alpha value is -3.26. The van der Waals surface area contributed by atoms with Gasteiger partial charge in [0.2, 0.25) is 5.91 Å². The number of carbonyl (C=O) groups excluding carboxylic acids is 1. The molecule has 1 aromatic heterocycles. The van der Waals surface area contributed by atoms with Crippen LogP contribution >= 0.6 is 11.8 Å². The van der Waals surface area contributed by atoms with Crippen molar-refractivity contribution in [3.05, 3.63) is 78.6 Å². The fourth-order valence-corrected chi connectivity index (χ4v) is 4.73. The zero-order chi connectivity index (χ0) is 23.0. The number of carbonyl (C=O) groups is 1. The molecule has 1 aliphatic heterocycles. The first-order valence-electron chi connectivity index (χ1n) is 11.0. The monoisotopic (exact) mass is 463 g/mol. The highest BCUT2D eigenvalue weighted by atomic mass is 32.2. The second kappa shape index (κ2) is 11.0. The molecule has 0 aliphatic carbocycles. The van der Waals surface area contributed by atoms with Crippen molar-refractivity contribution in [2.75, 3.05) is 43.9 Å². The number of amides is 1. The summed E-state index contributed by atoms with van der Waals surface area (Å²) in [5.41, 5.74) is 2.33. The Kier molecular flexibility index (Phi) is 7.67. The summed E-state index contributed by atoms with van der Waals surface area (Å²) in [4.78, 5) is 17.1. The SMILES string of the molecule is C=CCn1c(Cc2ccc(OC)cc2)nnc1SCC(=O)N1CCN(c2ccccc2)CC1. The molecule has 0 spiro atoms. The molecular weight excluding hydrogens is 434 g/mol. The number of para-hydroxylation sites is 1. The molecule has 1 fully saturated rings. The van der Waals surface area contributed by atoms with E-state index in [1.54, 1.807) is 7.11 Å². The van der Waals surface area contributed by atoms with E-state index in [1.807, 2.05) is 58.0 Å². The first-order valence-corrected chi connectivity index (χ1v) is 12.0. The highest BCUT2D eigenvalue weighted by Gasteiger charge is 2.22. The number of thioether (sulfide) groups is 1. The van der Waals surface area contributed by atoms with Crippen LogP contribution in [-0.4, -0.2) is 64.6 Å². The number of methoxy groups -OCH3 is 1. The molecule has 3 aromatic rings. The molecule has 1 saturated heterocycles. The van der Waals surface area contributed by atoms with Crippen LogP contribution in [0.2, 0.25) is 0 Å². The second-order valence-electron chi connectivity index (χ2n) is 7.81. The number of aromatic nitrogens is 3. The molecule has 1 aliphatic rings. The van der Waals surface area contributed by atoms with E-state index in [1.165, 1.54) is 17.4 Å². The average Bonchev–Trinajstić information content (AvgIpc) is 3.25. The number of rotatable bonds is 9. The molecule has 0 atom stereocenters. The van der Waals surface area contributed by atoms with Gasteiger partial charge in [-0.15, -0.1) is 16.8 Å². The largest absolute Gasteiger partial charge is 0.497 e. The predicted molar refractivity (Wildman–Crippen MR) is 132 cm³/mol. The second-order valence-corrected chi connectivity index (χ2v) is 8.76. The highest BCUT2D eigenvalue weighted by molar-refractivity contribution is 7.99. The van der Waals surface area contributed by atoms with Crippen LogP contribution in [-0.2, 0) is 17.8 Å². The van der Waals surface area contributed by atoms with Crippen molar-refractivity contribution in [1.29, 1.82) is 0 Å². The Morgan fingerprint density at radius 3 is 2.45 bits per heavy atom. The van der Waals surface area contributed by atoms with E-state index in [0.717, 1.165) is 48.5 Å². The van der Waals surface area contributed by atoms with Gasteiger partial charge in [-0.3, -0.25) is 4.79 Å². The van der Waals surface area contributed by atoms with Crippen molar-refractivity contribution >= 4 is 23.4 Å². The number of piperazine rings is 1. The fourth-order valence-electron chi connectivity index (χ4n) is 3.87. The lowest BCUT2D eigenvalue weighted by molar-refractivity contribution is -0.128. The van der Waals surface area contributed by atoms with E-state index in [0.29, 0.717) is 18.7 Å². The highest BCUT2D eigenvalue weighted by Crippen LogP contribution is 2.22. The van der Waals surface area contributed by atoms with Crippen LogP contribution in [0.3, 0.4) is 0 Å². The first kappa shape index (κ1) is 22.9. The van der Waals surface area contributed by atoms with Gasteiger partial charge in [-0.05, 0) is 29.8 Å². The van der Waals surface area contributed by atoms with Crippen LogP contribution in [0.1, 0.15) is 11.4 Å². The summed E-state index contributed by atoms with van der Waals surface area (Å²) in [5.74, 6) is 2.16. The summed E-state index contributed by atoms with van der Waals surface area (Å²) in [6, 6.07) is 18.3. The minimum absolute atomic E-state index is 0.137. The zero-order valence-corrected chi connectivity index (χ0v) is 19.7. The Balaban J connectivity index is 1.34. The lowest BCUT2D eigenvalue weighted by Gasteiger charge is -2.36. The number of nitrogens with zero attached hydrogens (tertiary/aromatic N) is 5. The van der Waals surface area contributed by atoms with Gasteiger partial charge in [-0.25, -0.2) is 0 Å². The van der Waals surface area contributed by atoms with Crippen LogP contribution in [0.15, 0.2) is 72.4 Å². The van der Waals surface area contributed by atoms with Gasteiger partial charge < -0.3 is 19.1 Å². The summed E-state index contributed by atoms with van der Waals surface area (Å²) in [5, 5.41) is 9.49. The third-order valence-electron chi connectivity index (χ3n) is 5.70. The summed E-state index contributed by atoms with van der Waals surface area (Å²) in [7, 11) is 1.66. The molecule has 0 radical (unpaired) electrons. The molecule has 7 nitrogen and oxygen atoms in total. The van der Waals surface area contributed by atoms with E-state index >= 15 is 0 Å².